The number of carbonyl (C=O) groups is 1. The minimum Gasteiger partial charge on any atom is -0.348 e. The van der Waals surface area contributed by atoms with Gasteiger partial charge in [-0.15, -0.1) is 0 Å². The SMILES string of the molecule is O=C(NC1CCS(=O)(=O)C1)c1ccc(I)c(Cl)c1. The Bertz CT molecular complexity index is 588. The van der Waals surface area contributed by atoms with Crippen LogP contribution in [-0.2, 0) is 9.84 Å². The fourth-order valence-corrected chi connectivity index (χ4v) is 4.00. The lowest BCUT2D eigenvalue weighted by atomic mass is 10.2. The van der Waals surface area contributed by atoms with Crippen molar-refractivity contribution in [2.75, 3.05) is 11.5 Å². The third-order valence-electron chi connectivity index (χ3n) is 2.75. The molecule has 0 aliphatic carbocycles. The molecule has 1 aliphatic heterocycles. The van der Waals surface area contributed by atoms with Crippen LogP contribution in [0.5, 0.6) is 0 Å². The van der Waals surface area contributed by atoms with Crippen LogP contribution >= 0.6 is 34.2 Å². The van der Waals surface area contributed by atoms with Gasteiger partial charge in [-0.05, 0) is 47.2 Å². The summed E-state index contributed by atoms with van der Waals surface area (Å²) in [6.45, 7) is 0. The van der Waals surface area contributed by atoms with Crippen LogP contribution in [0, 0.1) is 3.57 Å². The van der Waals surface area contributed by atoms with Crippen molar-refractivity contribution in [3.8, 4) is 0 Å². The molecule has 0 saturated carbocycles. The molecule has 1 amide bonds. The summed E-state index contributed by atoms with van der Waals surface area (Å²) in [6, 6.07) is 4.72. The number of halogens is 2. The largest absolute Gasteiger partial charge is 0.348 e. The third kappa shape index (κ3) is 3.36. The Morgan fingerprint density at radius 3 is 2.72 bits per heavy atom. The van der Waals surface area contributed by atoms with Crippen LogP contribution < -0.4 is 5.32 Å². The lowest BCUT2D eigenvalue weighted by Gasteiger charge is -2.11. The first-order chi connectivity index (χ1) is 8.37. The Labute approximate surface area is 124 Å². The maximum atomic E-state index is 11.9. The van der Waals surface area contributed by atoms with Gasteiger partial charge in [-0.3, -0.25) is 4.79 Å². The molecule has 1 heterocycles. The van der Waals surface area contributed by atoms with E-state index in [1.54, 1.807) is 18.2 Å². The van der Waals surface area contributed by atoms with Crippen LogP contribution in [0.2, 0.25) is 5.02 Å². The molecule has 1 aliphatic rings. The summed E-state index contributed by atoms with van der Waals surface area (Å²) in [7, 11) is -2.98. The average molecular weight is 400 g/mol. The predicted molar refractivity (Wildman–Crippen MR) is 78.7 cm³/mol. The molecule has 1 saturated heterocycles. The minimum absolute atomic E-state index is 0.0246. The van der Waals surface area contributed by atoms with Gasteiger partial charge < -0.3 is 5.32 Å². The van der Waals surface area contributed by atoms with E-state index in [4.69, 9.17) is 11.6 Å². The molecule has 0 bridgehead atoms. The van der Waals surface area contributed by atoms with Crippen LogP contribution in [0.3, 0.4) is 0 Å². The van der Waals surface area contributed by atoms with Gasteiger partial charge in [-0.1, -0.05) is 11.6 Å². The van der Waals surface area contributed by atoms with Crippen LogP contribution in [0.25, 0.3) is 0 Å². The zero-order valence-corrected chi connectivity index (χ0v) is 13.0. The lowest BCUT2D eigenvalue weighted by Crippen LogP contribution is -2.35. The molecule has 7 heteroatoms. The van der Waals surface area contributed by atoms with E-state index in [9.17, 15) is 13.2 Å². The van der Waals surface area contributed by atoms with E-state index >= 15 is 0 Å². The topological polar surface area (TPSA) is 63.2 Å². The summed E-state index contributed by atoms with van der Waals surface area (Å²) in [5, 5.41) is 3.23. The molecule has 18 heavy (non-hydrogen) atoms. The second-order valence-electron chi connectivity index (χ2n) is 4.20. The Morgan fingerprint density at radius 1 is 1.44 bits per heavy atom. The van der Waals surface area contributed by atoms with Gasteiger partial charge in [0.25, 0.3) is 5.91 Å². The number of benzene rings is 1. The first-order valence-electron chi connectivity index (χ1n) is 5.34. The van der Waals surface area contributed by atoms with Crippen LogP contribution in [0.1, 0.15) is 16.8 Å². The van der Waals surface area contributed by atoms with Crippen LogP contribution in [0.15, 0.2) is 18.2 Å². The Hall–Kier alpha value is -0.340. The zero-order valence-electron chi connectivity index (χ0n) is 9.32. The van der Waals surface area contributed by atoms with Crippen molar-refractivity contribution in [1.82, 2.24) is 5.32 Å². The van der Waals surface area contributed by atoms with Gasteiger partial charge in [-0.2, -0.15) is 0 Å². The molecule has 4 nitrogen and oxygen atoms in total. The summed E-state index contributed by atoms with van der Waals surface area (Å²) in [6.07, 6.45) is 0.478. The average Bonchev–Trinajstić information content (AvgIpc) is 2.62. The molecule has 1 fully saturated rings. The lowest BCUT2D eigenvalue weighted by molar-refractivity contribution is 0.0941. The molecular formula is C11H11ClINO3S. The fourth-order valence-electron chi connectivity index (χ4n) is 1.81. The number of rotatable bonds is 2. The van der Waals surface area contributed by atoms with E-state index < -0.39 is 9.84 Å². The summed E-state index contributed by atoms with van der Waals surface area (Å²) < 4.78 is 23.4. The number of sulfone groups is 1. The summed E-state index contributed by atoms with van der Waals surface area (Å²) in [5.41, 5.74) is 0.449. The second-order valence-corrected chi connectivity index (χ2v) is 8.00. The van der Waals surface area contributed by atoms with Crippen molar-refractivity contribution < 1.29 is 13.2 Å². The van der Waals surface area contributed by atoms with Gasteiger partial charge in [0.1, 0.15) is 0 Å². The third-order valence-corrected chi connectivity index (χ3v) is 6.09. The molecule has 2 rings (SSSR count). The van der Waals surface area contributed by atoms with E-state index in [1.165, 1.54) is 0 Å². The van der Waals surface area contributed by atoms with Crippen molar-refractivity contribution in [3.05, 3.63) is 32.4 Å². The second kappa shape index (κ2) is 5.34. The maximum absolute atomic E-state index is 11.9. The standard InChI is InChI=1S/C11H11ClINO3S/c12-9-5-7(1-2-10(9)13)11(15)14-8-3-4-18(16,17)6-8/h1-2,5,8H,3-4,6H2,(H,14,15). The first-order valence-corrected chi connectivity index (χ1v) is 8.61. The predicted octanol–water partition coefficient (Wildman–Crippen LogP) is 1.86. The number of carbonyl (C=O) groups excluding carboxylic acids is 1. The van der Waals surface area contributed by atoms with E-state index in [0.29, 0.717) is 17.0 Å². The van der Waals surface area contributed by atoms with E-state index in [2.05, 4.69) is 27.9 Å². The van der Waals surface area contributed by atoms with Crippen molar-refractivity contribution in [3.63, 3.8) is 0 Å². The molecule has 1 N–H and O–H groups in total. The Kier molecular flexibility index (Phi) is 4.18. The molecule has 0 aromatic heterocycles. The minimum atomic E-state index is -2.98. The van der Waals surface area contributed by atoms with E-state index in [0.717, 1.165) is 3.57 Å². The highest BCUT2D eigenvalue weighted by Gasteiger charge is 2.29. The van der Waals surface area contributed by atoms with Crippen LogP contribution in [0.4, 0.5) is 0 Å². The summed E-state index contributed by atoms with van der Waals surface area (Å²) in [4.78, 5) is 11.9. The summed E-state index contributed by atoms with van der Waals surface area (Å²) >= 11 is 8.01. The van der Waals surface area contributed by atoms with Crippen LogP contribution in [-0.4, -0.2) is 31.9 Å². The van der Waals surface area contributed by atoms with Crippen molar-refractivity contribution in [2.24, 2.45) is 0 Å². The number of nitrogens with one attached hydrogen (secondary N) is 1. The molecule has 1 aromatic rings. The Balaban J connectivity index is 2.06. The highest BCUT2D eigenvalue weighted by Crippen LogP contribution is 2.20. The fraction of sp³-hybridized carbons (Fsp3) is 0.364. The van der Waals surface area contributed by atoms with Gasteiger partial charge in [0.15, 0.2) is 9.84 Å². The molecule has 0 radical (unpaired) electrons. The van der Waals surface area contributed by atoms with Crippen molar-refractivity contribution >= 4 is 49.9 Å². The number of hydrogen-bond donors (Lipinski definition) is 1. The molecule has 0 spiro atoms. The van der Waals surface area contributed by atoms with Gasteiger partial charge in [0.2, 0.25) is 0 Å². The van der Waals surface area contributed by atoms with E-state index in [-0.39, 0.29) is 23.5 Å². The Morgan fingerprint density at radius 2 is 2.17 bits per heavy atom. The molecule has 1 aromatic carbocycles. The zero-order chi connectivity index (χ0) is 13.3. The molecule has 1 unspecified atom stereocenters. The van der Waals surface area contributed by atoms with E-state index in [1.807, 2.05) is 0 Å². The highest BCUT2D eigenvalue weighted by molar-refractivity contribution is 14.1. The summed E-state index contributed by atoms with van der Waals surface area (Å²) in [5.74, 6) is -0.113. The first kappa shape index (κ1) is 14.1. The molecular weight excluding hydrogens is 389 g/mol. The smallest absolute Gasteiger partial charge is 0.251 e. The normalized spacial score (nSPS) is 21.8. The van der Waals surface area contributed by atoms with Gasteiger partial charge >= 0.3 is 0 Å². The molecule has 1 atom stereocenters. The van der Waals surface area contributed by atoms with Crippen molar-refractivity contribution in [2.45, 2.75) is 12.5 Å². The quantitative estimate of drug-likeness (QED) is 0.772. The van der Waals surface area contributed by atoms with Gasteiger partial charge in [-0.25, -0.2) is 8.42 Å². The van der Waals surface area contributed by atoms with Gasteiger partial charge in [0, 0.05) is 15.2 Å². The number of amides is 1. The highest BCUT2D eigenvalue weighted by atomic mass is 127. The molecule has 98 valence electrons. The maximum Gasteiger partial charge on any atom is 0.251 e. The monoisotopic (exact) mass is 399 g/mol. The number of hydrogen-bond acceptors (Lipinski definition) is 3. The van der Waals surface area contributed by atoms with Crippen molar-refractivity contribution in [1.29, 1.82) is 0 Å². The van der Waals surface area contributed by atoms with Gasteiger partial charge in [0.05, 0.1) is 16.5 Å².